The number of aromatic nitrogens is 1. The number of nitrogens with one attached hydrogen (secondary N) is 1. The zero-order valence-electron chi connectivity index (χ0n) is 11.1. The van der Waals surface area contributed by atoms with Gasteiger partial charge in [-0.2, -0.15) is 0 Å². The molecular weight excluding hydrogens is 288 g/mol. The molecule has 0 saturated carbocycles. The maximum atomic E-state index is 11.7. The van der Waals surface area contributed by atoms with E-state index in [2.05, 4.69) is 9.71 Å². The molecule has 19 heavy (non-hydrogen) atoms. The molecule has 0 atom stereocenters. The summed E-state index contributed by atoms with van der Waals surface area (Å²) in [6.07, 6.45) is 0.590. The third-order valence-corrected chi connectivity index (χ3v) is 4.95. The lowest BCUT2D eigenvalue weighted by molar-refractivity contribution is 0.0701. The second kappa shape index (κ2) is 6.44. The highest BCUT2D eigenvalue weighted by Gasteiger charge is 2.16. The van der Waals surface area contributed by atoms with Gasteiger partial charge in [-0.3, -0.25) is 0 Å². The van der Waals surface area contributed by atoms with E-state index in [9.17, 15) is 13.2 Å². The summed E-state index contributed by atoms with van der Waals surface area (Å²) in [5, 5.41) is 9.35. The van der Waals surface area contributed by atoms with Gasteiger partial charge in [0.25, 0.3) is 0 Å². The molecule has 0 bridgehead atoms. The second-order valence-corrected chi connectivity index (χ2v) is 7.66. The fourth-order valence-corrected chi connectivity index (χ4v) is 3.58. The molecule has 0 fully saturated rings. The van der Waals surface area contributed by atoms with Crippen LogP contribution in [-0.2, 0) is 16.6 Å². The average Bonchev–Trinajstić information content (AvgIpc) is 2.66. The second-order valence-electron chi connectivity index (χ2n) is 4.65. The zero-order valence-corrected chi connectivity index (χ0v) is 12.8. The number of hydrogen-bond acceptors (Lipinski definition) is 5. The molecular formula is C11H18N2O4S2. The van der Waals surface area contributed by atoms with E-state index in [0.29, 0.717) is 23.0 Å². The van der Waals surface area contributed by atoms with Crippen LogP contribution in [0.15, 0.2) is 0 Å². The van der Waals surface area contributed by atoms with Gasteiger partial charge in [-0.05, 0) is 19.3 Å². The maximum absolute atomic E-state index is 11.7. The van der Waals surface area contributed by atoms with Gasteiger partial charge in [0.15, 0.2) is 0 Å². The molecule has 2 N–H and O–H groups in total. The molecule has 108 valence electrons. The first kappa shape index (κ1) is 16.1. The highest BCUT2D eigenvalue weighted by atomic mass is 32.2. The lowest BCUT2D eigenvalue weighted by atomic mass is 10.2. The van der Waals surface area contributed by atoms with Gasteiger partial charge in [-0.25, -0.2) is 22.9 Å². The maximum Gasteiger partial charge on any atom is 0.347 e. The van der Waals surface area contributed by atoms with E-state index in [1.54, 1.807) is 6.92 Å². The van der Waals surface area contributed by atoms with Crippen LogP contribution < -0.4 is 4.72 Å². The van der Waals surface area contributed by atoms with Crippen molar-refractivity contribution in [2.75, 3.05) is 5.75 Å². The number of carbonyl (C=O) groups is 1. The number of aryl methyl sites for hydroxylation is 1. The first-order valence-corrected chi connectivity index (χ1v) is 8.35. The summed E-state index contributed by atoms with van der Waals surface area (Å²) in [5.41, 5.74) is 0.411. The number of thiazole rings is 1. The summed E-state index contributed by atoms with van der Waals surface area (Å²) in [6.45, 7) is 5.55. The van der Waals surface area contributed by atoms with Crippen LogP contribution in [0.3, 0.4) is 0 Å². The van der Waals surface area contributed by atoms with Crippen molar-refractivity contribution in [1.82, 2.24) is 9.71 Å². The Morgan fingerprint density at radius 3 is 2.58 bits per heavy atom. The molecule has 1 rings (SSSR count). The topological polar surface area (TPSA) is 96.4 Å². The normalized spacial score (nSPS) is 12.0. The van der Waals surface area contributed by atoms with Crippen LogP contribution >= 0.6 is 11.3 Å². The Bertz CT molecular complexity index is 549. The summed E-state index contributed by atoms with van der Waals surface area (Å²) >= 11 is 0.995. The highest BCUT2D eigenvalue weighted by Crippen LogP contribution is 2.18. The molecule has 0 radical (unpaired) electrons. The lowest BCUT2D eigenvalue weighted by Gasteiger charge is -2.06. The van der Waals surface area contributed by atoms with Crippen LogP contribution in [0.5, 0.6) is 0 Å². The predicted octanol–water partition coefficient (Wildman–Crippen LogP) is 1.62. The van der Waals surface area contributed by atoms with E-state index in [-0.39, 0.29) is 17.2 Å². The molecule has 1 heterocycles. The summed E-state index contributed by atoms with van der Waals surface area (Å²) in [6, 6.07) is 0. The Hall–Kier alpha value is -0.990. The van der Waals surface area contributed by atoms with Crippen LogP contribution in [0.2, 0.25) is 0 Å². The number of carboxylic acid groups (broad SMARTS) is 1. The summed E-state index contributed by atoms with van der Waals surface area (Å²) in [5.74, 6) is -0.651. The van der Waals surface area contributed by atoms with E-state index in [4.69, 9.17) is 5.11 Å². The molecule has 0 saturated heterocycles. The molecule has 0 aliphatic rings. The van der Waals surface area contributed by atoms with Gasteiger partial charge in [0.2, 0.25) is 10.0 Å². The van der Waals surface area contributed by atoms with Gasteiger partial charge in [0.05, 0.1) is 18.0 Å². The minimum atomic E-state index is -3.33. The summed E-state index contributed by atoms with van der Waals surface area (Å²) in [4.78, 5) is 15.0. The number of hydrogen-bond donors (Lipinski definition) is 2. The zero-order chi connectivity index (χ0) is 14.6. The largest absolute Gasteiger partial charge is 0.477 e. The number of sulfonamides is 1. The molecule has 0 unspecified atom stereocenters. The van der Waals surface area contributed by atoms with E-state index < -0.39 is 16.0 Å². The molecule has 0 aliphatic carbocycles. The molecule has 0 spiro atoms. The van der Waals surface area contributed by atoms with Gasteiger partial charge in [0, 0.05) is 0 Å². The Morgan fingerprint density at radius 1 is 1.47 bits per heavy atom. The van der Waals surface area contributed by atoms with Crippen LogP contribution in [0, 0.1) is 12.8 Å². The molecule has 6 nitrogen and oxygen atoms in total. The van der Waals surface area contributed by atoms with Crippen LogP contribution in [-0.4, -0.2) is 30.2 Å². The van der Waals surface area contributed by atoms with Crippen molar-refractivity contribution in [3.05, 3.63) is 15.6 Å². The van der Waals surface area contributed by atoms with Crippen LogP contribution in [0.1, 0.15) is 40.6 Å². The van der Waals surface area contributed by atoms with Crippen LogP contribution in [0.25, 0.3) is 0 Å². The molecule has 0 aliphatic heterocycles. The SMILES string of the molecule is Cc1nc(CNS(=O)(=O)CCC(C)C)sc1C(=O)O. The summed E-state index contributed by atoms with van der Waals surface area (Å²) in [7, 11) is -3.33. The highest BCUT2D eigenvalue weighted by molar-refractivity contribution is 7.89. The molecule has 0 aromatic carbocycles. The molecule has 1 aromatic heterocycles. The van der Waals surface area contributed by atoms with Gasteiger partial charge in [-0.1, -0.05) is 13.8 Å². The Kier molecular flexibility index (Phi) is 5.45. The predicted molar refractivity (Wildman–Crippen MR) is 73.9 cm³/mol. The minimum absolute atomic E-state index is 0.0409. The van der Waals surface area contributed by atoms with Crippen molar-refractivity contribution >= 4 is 27.3 Å². The number of rotatable bonds is 7. The quantitative estimate of drug-likeness (QED) is 0.798. The minimum Gasteiger partial charge on any atom is -0.477 e. The first-order valence-electron chi connectivity index (χ1n) is 5.88. The summed E-state index contributed by atoms with van der Waals surface area (Å²) < 4.78 is 25.8. The Morgan fingerprint density at radius 2 is 2.11 bits per heavy atom. The van der Waals surface area contributed by atoms with E-state index >= 15 is 0 Å². The standard InChI is InChI=1S/C11H18N2O4S2/c1-7(2)4-5-19(16,17)12-6-9-13-8(3)10(18-9)11(14)15/h7,12H,4-6H2,1-3H3,(H,14,15). The molecule has 8 heteroatoms. The molecule has 0 amide bonds. The smallest absolute Gasteiger partial charge is 0.347 e. The number of carboxylic acids is 1. The third kappa shape index (κ3) is 5.25. The Labute approximate surface area is 116 Å². The van der Waals surface area contributed by atoms with Gasteiger partial charge >= 0.3 is 5.97 Å². The van der Waals surface area contributed by atoms with Gasteiger partial charge in [-0.15, -0.1) is 11.3 Å². The third-order valence-electron chi connectivity index (χ3n) is 2.44. The van der Waals surface area contributed by atoms with Gasteiger partial charge in [0.1, 0.15) is 9.88 Å². The van der Waals surface area contributed by atoms with Crippen molar-refractivity contribution in [3.8, 4) is 0 Å². The van der Waals surface area contributed by atoms with Gasteiger partial charge < -0.3 is 5.11 Å². The number of nitrogens with zero attached hydrogens (tertiary/aromatic N) is 1. The lowest BCUT2D eigenvalue weighted by Crippen LogP contribution is -2.26. The average molecular weight is 306 g/mol. The fourth-order valence-electron chi connectivity index (χ4n) is 1.36. The van der Waals surface area contributed by atoms with Crippen molar-refractivity contribution < 1.29 is 18.3 Å². The molecule has 1 aromatic rings. The van der Waals surface area contributed by atoms with E-state index in [1.165, 1.54) is 0 Å². The Balaban J connectivity index is 2.62. The monoisotopic (exact) mass is 306 g/mol. The van der Waals surface area contributed by atoms with Crippen LogP contribution in [0.4, 0.5) is 0 Å². The van der Waals surface area contributed by atoms with E-state index in [0.717, 1.165) is 11.3 Å². The van der Waals surface area contributed by atoms with Crippen molar-refractivity contribution in [3.63, 3.8) is 0 Å². The number of aromatic carboxylic acids is 1. The van der Waals surface area contributed by atoms with Crippen molar-refractivity contribution in [1.29, 1.82) is 0 Å². The fraction of sp³-hybridized carbons (Fsp3) is 0.636. The van der Waals surface area contributed by atoms with Crippen molar-refractivity contribution in [2.24, 2.45) is 5.92 Å². The first-order chi connectivity index (χ1) is 8.71. The van der Waals surface area contributed by atoms with E-state index in [1.807, 2.05) is 13.8 Å². The van der Waals surface area contributed by atoms with Crippen molar-refractivity contribution in [2.45, 2.75) is 33.7 Å².